The third kappa shape index (κ3) is 4.68. The normalized spacial score (nSPS) is 15.5. The second-order valence-corrected chi connectivity index (χ2v) is 5.44. The van der Waals surface area contributed by atoms with E-state index in [9.17, 15) is 0 Å². The number of halogens is 1. The van der Waals surface area contributed by atoms with Gasteiger partial charge in [0.2, 0.25) is 0 Å². The van der Waals surface area contributed by atoms with E-state index in [1.54, 1.807) is 0 Å². The van der Waals surface area contributed by atoms with E-state index in [0.717, 1.165) is 49.5 Å². The molecule has 0 amide bonds. The standard InChI is InChI=1S/C15H23ClN2O/c1-2-8-18(14-11-17-12-14)9-3-10-19-15-6-4-13(16)5-7-15/h4-7,14,17H,2-3,8-12H2,1H3. The highest BCUT2D eigenvalue weighted by molar-refractivity contribution is 6.30. The molecule has 1 fully saturated rings. The van der Waals surface area contributed by atoms with Gasteiger partial charge in [0, 0.05) is 30.7 Å². The lowest BCUT2D eigenvalue weighted by Crippen LogP contribution is -2.57. The summed E-state index contributed by atoms with van der Waals surface area (Å²) in [6.07, 6.45) is 2.29. The molecule has 0 unspecified atom stereocenters. The molecule has 2 rings (SSSR count). The van der Waals surface area contributed by atoms with E-state index in [0.29, 0.717) is 0 Å². The van der Waals surface area contributed by atoms with Crippen LogP contribution >= 0.6 is 11.6 Å². The van der Waals surface area contributed by atoms with Crippen LogP contribution in [0.15, 0.2) is 24.3 Å². The molecule has 1 N–H and O–H groups in total. The van der Waals surface area contributed by atoms with Gasteiger partial charge in [0.05, 0.1) is 6.61 Å². The monoisotopic (exact) mass is 282 g/mol. The Bertz CT molecular complexity index is 365. The van der Waals surface area contributed by atoms with Crippen LogP contribution < -0.4 is 10.1 Å². The number of nitrogens with zero attached hydrogens (tertiary/aromatic N) is 1. The predicted octanol–water partition coefficient (Wildman–Crippen LogP) is 2.79. The van der Waals surface area contributed by atoms with E-state index in [2.05, 4.69) is 17.1 Å². The largest absolute Gasteiger partial charge is 0.494 e. The molecule has 1 aliphatic rings. The van der Waals surface area contributed by atoms with Crippen molar-refractivity contribution in [3.05, 3.63) is 29.3 Å². The number of rotatable bonds is 8. The van der Waals surface area contributed by atoms with Crippen LogP contribution in [0.3, 0.4) is 0 Å². The van der Waals surface area contributed by atoms with Crippen molar-refractivity contribution in [2.45, 2.75) is 25.8 Å². The van der Waals surface area contributed by atoms with Crippen LogP contribution in [-0.4, -0.2) is 43.7 Å². The molecular weight excluding hydrogens is 260 g/mol. The summed E-state index contributed by atoms with van der Waals surface area (Å²) in [4.78, 5) is 2.57. The SMILES string of the molecule is CCCN(CCCOc1ccc(Cl)cc1)C1CNC1. The van der Waals surface area contributed by atoms with Crippen LogP contribution in [0.2, 0.25) is 5.02 Å². The summed E-state index contributed by atoms with van der Waals surface area (Å²) < 4.78 is 5.72. The van der Waals surface area contributed by atoms with Gasteiger partial charge in [0.1, 0.15) is 5.75 Å². The fourth-order valence-corrected chi connectivity index (χ4v) is 2.41. The highest BCUT2D eigenvalue weighted by Gasteiger charge is 2.23. The summed E-state index contributed by atoms with van der Waals surface area (Å²) in [6.45, 7) is 7.59. The first-order chi connectivity index (χ1) is 9.29. The summed E-state index contributed by atoms with van der Waals surface area (Å²) >= 11 is 5.84. The first-order valence-electron chi connectivity index (χ1n) is 7.12. The molecule has 0 aliphatic carbocycles. The van der Waals surface area contributed by atoms with E-state index in [4.69, 9.17) is 16.3 Å². The van der Waals surface area contributed by atoms with Crippen molar-refractivity contribution in [1.29, 1.82) is 0 Å². The molecular formula is C15H23ClN2O. The molecule has 1 aromatic carbocycles. The molecule has 0 saturated carbocycles. The highest BCUT2D eigenvalue weighted by atomic mass is 35.5. The quantitative estimate of drug-likeness (QED) is 0.742. The molecule has 1 heterocycles. The average molecular weight is 283 g/mol. The van der Waals surface area contributed by atoms with E-state index in [-0.39, 0.29) is 0 Å². The molecule has 0 radical (unpaired) electrons. The third-order valence-electron chi connectivity index (χ3n) is 3.46. The van der Waals surface area contributed by atoms with Crippen LogP contribution in [0.1, 0.15) is 19.8 Å². The van der Waals surface area contributed by atoms with E-state index in [1.165, 1.54) is 13.0 Å². The van der Waals surface area contributed by atoms with Crippen molar-refractivity contribution in [3.63, 3.8) is 0 Å². The van der Waals surface area contributed by atoms with Crippen LogP contribution in [0, 0.1) is 0 Å². The van der Waals surface area contributed by atoms with Gasteiger partial charge in [-0.05, 0) is 43.7 Å². The van der Waals surface area contributed by atoms with Gasteiger partial charge in [0.15, 0.2) is 0 Å². The van der Waals surface area contributed by atoms with Crippen LogP contribution in [0.25, 0.3) is 0 Å². The molecule has 0 atom stereocenters. The molecule has 0 bridgehead atoms. The number of ether oxygens (including phenoxy) is 1. The minimum absolute atomic E-state index is 0.732. The molecule has 1 aromatic rings. The van der Waals surface area contributed by atoms with E-state index < -0.39 is 0 Å². The predicted molar refractivity (Wildman–Crippen MR) is 80.1 cm³/mol. The molecule has 0 aromatic heterocycles. The first kappa shape index (κ1) is 14.6. The Hall–Kier alpha value is -0.770. The number of hydrogen-bond acceptors (Lipinski definition) is 3. The Morgan fingerprint density at radius 3 is 2.58 bits per heavy atom. The second-order valence-electron chi connectivity index (χ2n) is 5.00. The van der Waals surface area contributed by atoms with Crippen molar-refractivity contribution in [2.75, 3.05) is 32.8 Å². The minimum atomic E-state index is 0.732. The summed E-state index contributed by atoms with van der Waals surface area (Å²) in [5, 5.41) is 4.09. The van der Waals surface area contributed by atoms with E-state index >= 15 is 0 Å². The maximum atomic E-state index is 5.84. The van der Waals surface area contributed by atoms with Gasteiger partial charge in [0.25, 0.3) is 0 Å². The lowest BCUT2D eigenvalue weighted by atomic mass is 10.1. The van der Waals surface area contributed by atoms with Gasteiger partial charge in [-0.1, -0.05) is 18.5 Å². The van der Waals surface area contributed by atoms with Crippen LogP contribution in [-0.2, 0) is 0 Å². The summed E-state index contributed by atoms with van der Waals surface area (Å²) in [5.74, 6) is 0.900. The summed E-state index contributed by atoms with van der Waals surface area (Å²) in [7, 11) is 0. The zero-order chi connectivity index (χ0) is 13.5. The van der Waals surface area contributed by atoms with Crippen molar-refractivity contribution < 1.29 is 4.74 Å². The lowest BCUT2D eigenvalue weighted by molar-refractivity contribution is 0.135. The Morgan fingerprint density at radius 1 is 1.26 bits per heavy atom. The van der Waals surface area contributed by atoms with Crippen molar-refractivity contribution in [3.8, 4) is 5.75 Å². The summed E-state index contributed by atoms with van der Waals surface area (Å²) in [6, 6.07) is 8.29. The average Bonchev–Trinajstić information content (AvgIpc) is 2.35. The second kappa shape index (κ2) is 7.73. The maximum absolute atomic E-state index is 5.84. The van der Waals surface area contributed by atoms with Crippen molar-refractivity contribution >= 4 is 11.6 Å². The fraction of sp³-hybridized carbons (Fsp3) is 0.600. The van der Waals surface area contributed by atoms with Gasteiger partial charge in [-0.2, -0.15) is 0 Å². The zero-order valence-corrected chi connectivity index (χ0v) is 12.3. The highest BCUT2D eigenvalue weighted by Crippen LogP contribution is 2.15. The van der Waals surface area contributed by atoms with Gasteiger partial charge in [-0.3, -0.25) is 4.90 Å². The molecule has 0 spiro atoms. The molecule has 1 aliphatic heterocycles. The smallest absolute Gasteiger partial charge is 0.119 e. The van der Waals surface area contributed by atoms with Crippen molar-refractivity contribution in [2.24, 2.45) is 0 Å². The van der Waals surface area contributed by atoms with Crippen LogP contribution in [0.5, 0.6) is 5.75 Å². The molecule has 1 saturated heterocycles. The van der Waals surface area contributed by atoms with E-state index in [1.807, 2.05) is 24.3 Å². The fourth-order valence-electron chi connectivity index (χ4n) is 2.28. The number of nitrogens with one attached hydrogen (secondary N) is 1. The van der Waals surface area contributed by atoms with Crippen LogP contribution in [0.4, 0.5) is 0 Å². The topological polar surface area (TPSA) is 24.5 Å². The van der Waals surface area contributed by atoms with Gasteiger partial charge in [-0.25, -0.2) is 0 Å². The Labute approximate surface area is 120 Å². The third-order valence-corrected chi connectivity index (χ3v) is 3.71. The van der Waals surface area contributed by atoms with Gasteiger partial charge < -0.3 is 10.1 Å². The zero-order valence-electron chi connectivity index (χ0n) is 11.6. The molecule has 106 valence electrons. The molecule has 19 heavy (non-hydrogen) atoms. The first-order valence-corrected chi connectivity index (χ1v) is 7.50. The Balaban J connectivity index is 1.65. The lowest BCUT2D eigenvalue weighted by Gasteiger charge is -2.38. The minimum Gasteiger partial charge on any atom is -0.494 e. The van der Waals surface area contributed by atoms with Gasteiger partial charge >= 0.3 is 0 Å². The maximum Gasteiger partial charge on any atom is 0.119 e. The van der Waals surface area contributed by atoms with Crippen molar-refractivity contribution in [1.82, 2.24) is 10.2 Å². The Kier molecular flexibility index (Phi) is 5.95. The molecule has 4 heteroatoms. The van der Waals surface area contributed by atoms with Gasteiger partial charge in [-0.15, -0.1) is 0 Å². The number of benzene rings is 1. The number of hydrogen-bond donors (Lipinski definition) is 1. The Morgan fingerprint density at radius 2 is 2.00 bits per heavy atom. The summed E-state index contributed by atoms with van der Waals surface area (Å²) in [5.41, 5.74) is 0. The molecule has 3 nitrogen and oxygen atoms in total.